The normalized spacial score (nSPS) is 11.6. The minimum Gasteiger partial charge on any atom is -0.392 e. The Hall–Kier alpha value is -3.43. The van der Waals surface area contributed by atoms with Gasteiger partial charge in [-0.25, -0.2) is 0 Å². The molecule has 3 nitrogen and oxygen atoms in total. The molecule has 0 fully saturated rings. The first kappa shape index (κ1) is 20.8. The van der Waals surface area contributed by atoms with Crippen molar-refractivity contribution in [2.24, 2.45) is 7.05 Å². The number of para-hydroxylation sites is 1. The molecule has 0 radical (unpaired) electrons. The van der Waals surface area contributed by atoms with E-state index in [9.17, 15) is 5.11 Å². The molecule has 0 aliphatic rings. The van der Waals surface area contributed by atoms with E-state index in [-0.39, 0.29) is 14.0 Å². The molecule has 3 aromatic carbocycles. The van der Waals surface area contributed by atoms with Gasteiger partial charge in [-0.05, 0) is 54.5 Å². The quantitative estimate of drug-likeness (QED) is 0.358. The van der Waals surface area contributed by atoms with Gasteiger partial charge in [-0.15, -0.1) is 0 Å². The number of fused-ring (bicyclic) bond motifs is 4. The van der Waals surface area contributed by atoms with Gasteiger partial charge >= 0.3 is 0 Å². The first-order valence-electron chi connectivity index (χ1n) is 10.4. The summed E-state index contributed by atoms with van der Waals surface area (Å²) >= 11 is 0. The highest BCUT2D eigenvalue weighted by Gasteiger charge is 2.11. The van der Waals surface area contributed by atoms with Crippen LogP contribution in [0.4, 0.5) is 0 Å². The van der Waals surface area contributed by atoms with Crippen molar-refractivity contribution >= 4 is 44.9 Å². The molecule has 0 aliphatic carbocycles. The molecule has 0 spiro atoms. The van der Waals surface area contributed by atoms with Crippen LogP contribution < -0.4 is 4.57 Å². The lowest BCUT2D eigenvalue weighted by molar-refractivity contribution is -0.646. The molecule has 156 valence electrons. The maximum atomic E-state index is 9.37. The summed E-state index contributed by atoms with van der Waals surface area (Å²) in [5, 5.41) is 13.1. The molecular formula is C28H29N2O+. The second-order valence-electron chi connectivity index (χ2n) is 7.74. The average Bonchev–Trinajstić information content (AvgIpc) is 3.11. The predicted octanol–water partition coefficient (Wildman–Crippen LogP) is 6.09. The van der Waals surface area contributed by atoms with Crippen molar-refractivity contribution in [1.29, 1.82) is 0 Å². The Balaban J connectivity index is 0.00000231. The topological polar surface area (TPSA) is 29.0 Å². The first-order chi connectivity index (χ1) is 14.7. The van der Waals surface area contributed by atoms with E-state index in [1.807, 2.05) is 12.1 Å². The number of aliphatic hydroxyl groups excluding tert-OH is 1. The summed E-state index contributed by atoms with van der Waals surface area (Å²) in [6, 6.07) is 25.7. The minimum absolute atomic E-state index is 0. The van der Waals surface area contributed by atoms with Crippen LogP contribution >= 0.6 is 0 Å². The Morgan fingerprint density at radius 3 is 2.48 bits per heavy atom. The third-order valence-electron chi connectivity index (χ3n) is 6.02. The van der Waals surface area contributed by atoms with Gasteiger partial charge in [0.05, 0.1) is 6.61 Å². The lowest BCUT2D eigenvalue weighted by atomic mass is 10.1. The molecule has 0 aliphatic heterocycles. The van der Waals surface area contributed by atoms with Crippen LogP contribution in [0.5, 0.6) is 0 Å². The van der Waals surface area contributed by atoms with Crippen molar-refractivity contribution in [1.82, 2.24) is 4.57 Å². The molecule has 3 heteroatoms. The Morgan fingerprint density at radius 2 is 1.68 bits per heavy atom. The zero-order chi connectivity index (χ0) is 20.7. The van der Waals surface area contributed by atoms with Crippen LogP contribution in [0.25, 0.3) is 44.9 Å². The maximum absolute atomic E-state index is 9.37. The highest BCUT2D eigenvalue weighted by Crippen LogP contribution is 2.30. The summed E-state index contributed by atoms with van der Waals surface area (Å²) < 4.78 is 4.57. The van der Waals surface area contributed by atoms with Crippen LogP contribution in [-0.4, -0.2) is 9.67 Å². The molecular weight excluding hydrogens is 380 g/mol. The molecule has 2 aromatic heterocycles. The molecule has 31 heavy (non-hydrogen) atoms. The van der Waals surface area contributed by atoms with Gasteiger partial charge in [0.2, 0.25) is 11.2 Å². The summed E-state index contributed by atoms with van der Waals surface area (Å²) in [7, 11) is 2.08. The molecule has 0 amide bonds. The van der Waals surface area contributed by atoms with Crippen LogP contribution in [0, 0.1) is 0 Å². The monoisotopic (exact) mass is 409 g/mol. The van der Waals surface area contributed by atoms with Crippen LogP contribution in [0.2, 0.25) is 0 Å². The Bertz CT molecular complexity index is 1430. The van der Waals surface area contributed by atoms with Crippen LogP contribution in [-0.2, 0) is 20.2 Å². The fraction of sp³-hybridized carbons (Fsp3) is 0.179. The van der Waals surface area contributed by atoms with Gasteiger partial charge in [-0.2, -0.15) is 4.57 Å². The SMILES string of the molecule is C.CCn1c2ccccc2c2cc(/C=C/c3ccc4cc(CO)ccc4[n+]3C)ccc21. The van der Waals surface area contributed by atoms with Gasteiger partial charge in [-0.3, -0.25) is 0 Å². The molecule has 0 bridgehead atoms. The molecule has 0 saturated heterocycles. The molecule has 0 atom stereocenters. The highest BCUT2D eigenvalue weighted by atomic mass is 16.3. The van der Waals surface area contributed by atoms with E-state index in [1.165, 1.54) is 27.4 Å². The fourth-order valence-electron chi connectivity index (χ4n) is 4.43. The summed E-state index contributed by atoms with van der Waals surface area (Å²) in [6.45, 7) is 3.23. The van der Waals surface area contributed by atoms with Gasteiger partial charge < -0.3 is 9.67 Å². The number of aromatic nitrogens is 2. The number of rotatable bonds is 4. The van der Waals surface area contributed by atoms with Crippen molar-refractivity contribution in [3.8, 4) is 0 Å². The summed E-state index contributed by atoms with van der Waals surface area (Å²) in [5.41, 5.74) is 6.99. The van der Waals surface area contributed by atoms with Crippen molar-refractivity contribution in [3.05, 3.63) is 89.6 Å². The zero-order valence-corrected chi connectivity index (χ0v) is 17.3. The van der Waals surface area contributed by atoms with Crippen molar-refractivity contribution < 1.29 is 9.67 Å². The summed E-state index contributed by atoms with van der Waals surface area (Å²) in [5.74, 6) is 0. The number of nitrogens with zero attached hydrogens (tertiary/aromatic N) is 2. The van der Waals surface area contributed by atoms with E-state index in [2.05, 4.69) is 95.9 Å². The largest absolute Gasteiger partial charge is 0.392 e. The first-order valence-corrected chi connectivity index (χ1v) is 10.4. The van der Waals surface area contributed by atoms with E-state index >= 15 is 0 Å². The van der Waals surface area contributed by atoms with Crippen LogP contribution in [0.3, 0.4) is 0 Å². The smallest absolute Gasteiger partial charge is 0.212 e. The van der Waals surface area contributed by atoms with Gasteiger partial charge in [0.1, 0.15) is 7.05 Å². The fourth-order valence-corrected chi connectivity index (χ4v) is 4.43. The second kappa shape index (κ2) is 8.37. The summed E-state index contributed by atoms with van der Waals surface area (Å²) in [6.07, 6.45) is 4.35. The van der Waals surface area contributed by atoms with Crippen LogP contribution in [0.15, 0.2) is 72.8 Å². The predicted molar refractivity (Wildman–Crippen MR) is 132 cm³/mol. The molecule has 5 aromatic rings. The molecule has 5 rings (SSSR count). The van der Waals surface area contributed by atoms with E-state index < -0.39 is 0 Å². The van der Waals surface area contributed by atoms with E-state index in [0.29, 0.717) is 0 Å². The van der Waals surface area contributed by atoms with Crippen LogP contribution in [0.1, 0.15) is 31.2 Å². The number of hydrogen-bond acceptors (Lipinski definition) is 1. The third kappa shape index (κ3) is 3.51. The summed E-state index contributed by atoms with van der Waals surface area (Å²) in [4.78, 5) is 0. The van der Waals surface area contributed by atoms with Gasteiger partial charge in [0.25, 0.3) is 0 Å². The lowest BCUT2D eigenvalue weighted by Gasteiger charge is -2.03. The average molecular weight is 410 g/mol. The van der Waals surface area contributed by atoms with Gasteiger partial charge in [-0.1, -0.05) is 37.8 Å². The number of benzene rings is 3. The van der Waals surface area contributed by atoms with Crippen molar-refractivity contribution in [2.75, 3.05) is 0 Å². The standard InChI is InChI=1S/C27H25N2O.CH4/c1-3-29-26-7-5-4-6-23(26)24-17-19(9-15-27(24)29)8-12-22-13-11-21-16-20(18-30)10-14-25(21)28(22)2;/h4-17,30H,3,18H2,1-2H3;1H4/q+1;. The second-order valence-corrected chi connectivity index (χ2v) is 7.74. The zero-order valence-electron chi connectivity index (χ0n) is 17.3. The lowest BCUT2D eigenvalue weighted by Crippen LogP contribution is -2.32. The van der Waals surface area contributed by atoms with Gasteiger partial charge in [0.15, 0.2) is 0 Å². The van der Waals surface area contributed by atoms with Gasteiger partial charge in [0, 0.05) is 51.9 Å². The maximum Gasteiger partial charge on any atom is 0.212 e. The van der Waals surface area contributed by atoms with E-state index in [0.717, 1.165) is 28.7 Å². The number of aryl methyl sites for hydroxylation is 2. The molecule has 0 unspecified atom stereocenters. The third-order valence-corrected chi connectivity index (χ3v) is 6.02. The molecule has 1 N–H and O–H groups in total. The number of aliphatic hydroxyl groups is 1. The molecule has 0 saturated carbocycles. The Kier molecular flexibility index (Phi) is 5.62. The minimum atomic E-state index is 0. The Labute approximate surface area is 183 Å². The Morgan fingerprint density at radius 1 is 0.871 bits per heavy atom. The van der Waals surface area contributed by atoms with E-state index in [4.69, 9.17) is 0 Å². The van der Waals surface area contributed by atoms with Crippen molar-refractivity contribution in [3.63, 3.8) is 0 Å². The number of hydrogen-bond donors (Lipinski definition) is 1. The highest BCUT2D eigenvalue weighted by molar-refractivity contribution is 6.08. The number of pyridine rings is 1. The molecule has 2 heterocycles. The van der Waals surface area contributed by atoms with Crippen molar-refractivity contribution in [2.45, 2.75) is 27.5 Å². The van der Waals surface area contributed by atoms with E-state index in [1.54, 1.807) is 0 Å².